The normalized spacial score (nSPS) is 12.2. The molecule has 0 spiro atoms. The third-order valence-electron chi connectivity index (χ3n) is 5.22. The Hall–Kier alpha value is -0.0213. The standard InChI is InChI=1S/C9H7S.3C4H9.Sn/c1-7-2-3-9-8(6-7)4-5-10-9;3*1-3-4-2;/h2-4,6H,1H3;3*1,3-4H2,2H3;. The van der Waals surface area contributed by atoms with Gasteiger partial charge in [0.1, 0.15) is 0 Å². The number of unbranched alkanes of at least 4 members (excludes halogenated alkanes) is 3. The average molecular weight is 437 g/mol. The summed E-state index contributed by atoms with van der Waals surface area (Å²) in [6, 6.07) is 9.65. The summed E-state index contributed by atoms with van der Waals surface area (Å²) in [5, 5.41) is 1.51. The van der Waals surface area contributed by atoms with Crippen LogP contribution >= 0.6 is 11.3 Å². The van der Waals surface area contributed by atoms with Crippen LogP contribution < -0.4 is 2.89 Å². The van der Waals surface area contributed by atoms with Crippen molar-refractivity contribution in [3.8, 4) is 0 Å². The van der Waals surface area contributed by atoms with Gasteiger partial charge in [0.05, 0.1) is 0 Å². The van der Waals surface area contributed by atoms with Gasteiger partial charge in [-0.1, -0.05) is 0 Å². The van der Waals surface area contributed by atoms with E-state index in [9.17, 15) is 0 Å². The van der Waals surface area contributed by atoms with E-state index >= 15 is 0 Å². The SMILES string of the molecule is CCC[CH2][Sn]([CH2]CCC)([CH2]CCC)[c]1cc2cc(C)ccc2s1. The first-order chi connectivity index (χ1) is 11.1. The summed E-state index contributed by atoms with van der Waals surface area (Å²) >= 11 is -0.0532. The second-order valence-corrected chi connectivity index (χ2v) is 22.5. The zero-order valence-corrected chi connectivity index (χ0v) is 19.3. The van der Waals surface area contributed by atoms with E-state index in [1.54, 1.807) is 13.3 Å². The van der Waals surface area contributed by atoms with Gasteiger partial charge in [-0.25, -0.2) is 0 Å². The van der Waals surface area contributed by atoms with Gasteiger partial charge in [-0.2, -0.15) is 0 Å². The zero-order valence-electron chi connectivity index (χ0n) is 15.6. The number of aryl methyl sites for hydroxylation is 1. The van der Waals surface area contributed by atoms with E-state index in [1.165, 1.54) is 54.2 Å². The first-order valence-corrected chi connectivity index (χ1v) is 18.0. The molecule has 2 rings (SSSR count). The summed E-state index contributed by atoms with van der Waals surface area (Å²) in [6.07, 6.45) is 8.45. The van der Waals surface area contributed by atoms with Gasteiger partial charge < -0.3 is 0 Å². The van der Waals surface area contributed by atoms with Gasteiger partial charge in [0, 0.05) is 0 Å². The molecule has 0 nitrogen and oxygen atoms in total. The van der Waals surface area contributed by atoms with Crippen LogP contribution in [-0.2, 0) is 0 Å². The number of rotatable bonds is 10. The minimum atomic E-state index is -2.21. The molecule has 0 saturated heterocycles. The van der Waals surface area contributed by atoms with Crippen molar-refractivity contribution in [3.63, 3.8) is 0 Å². The van der Waals surface area contributed by atoms with Gasteiger partial charge in [0.2, 0.25) is 0 Å². The molecule has 128 valence electrons. The van der Waals surface area contributed by atoms with E-state index in [0.29, 0.717) is 0 Å². The first kappa shape index (κ1) is 19.3. The van der Waals surface area contributed by atoms with Crippen LogP contribution in [0.4, 0.5) is 0 Å². The van der Waals surface area contributed by atoms with Gasteiger partial charge in [-0.3, -0.25) is 0 Å². The minimum absolute atomic E-state index is 1.36. The number of benzene rings is 1. The predicted molar refractivity (Wildman–Crippen MR) is 111 cm³/mol. The number of thiophene rings is 1. The molecule has 0 unspecified atom stereocenters. The van der Waals surface area contributed by atoms with E-state index in [1.807, 2.05) is 2.89 Å². The molecule has 0 aliphatic heterocycles. The Morgan fingerprint density at radius 1 is 0.826 bits per heavy atom. The molecular weight excluding hydrogens is 403 g/mol. The van der Waals surface area contributed by atoms with Crippen molar-refractivity contribution in [2.45, 2.75) is 79.5 Å². The molecule has 0 radical (unpaired) electrons. The fourth-order valence-electron chi connectivity index (χ4n) is 3.71. The third-order valence-corrected chi connectivity index (χ3v) is 24.5. The van der Waals surface area contributed by atoms with Gasteiger partial charge in [0.15, 0.2) is 0 Å². The maximum atomic E-state index is 2.62. The fraction of sp³-hybridized carbons (Fsp3) is 0.619. The van der Waals surface area contributed by atoms with Gasteiger partial charge in [0.25, 0.3) is 0 Å². The quantitative estimate of drug-likeness (QED) is 0.343. The second-order valence-electron chi connectivity index (χ2n) is 7.24. The van der Waals surface area contributed by atoms with Crippen molar-refractivity contribution >= 4 is 42.7 Å². The van der Waals surface area contributed by atoms with Gasteiger partial charge in [-0.15, -0.1) is 0 Å². The summed E-state index contributed by atoms with van der Waals surface area (Å²) < 4.78 is 8.14. The van der Waals surface area contributed by atoms with E-state index in [2.05, 4.69) is 63.3 Å². The second kappa shape index (κ2) is 9.46. The number of hydrogen-bond acceptors (Lipinski definition) is 1. The van der Waals surface area contributed by atoms with Crippen molar-refractivity contribution < 1.29 is 0 Å². The predicted octanol–water partition coefficient (Wildman–Crippen LogP) is 7.27. The van der Waals surface area contributed by atoms with E-state index in [-0.39, 0.29) is 0 Å². The number of hydrogen-bond donors (Lipinski definition) is 0. The Labute approximate surface area is 151 Å². The molecule has 0 aliphatic rings. The van der Waals surface area contributed by atoms with Crippen molar-refractivity contribution in [2.24, 2.45) is 0 Å². The Morgan fingerprint density at radius 2 is 1.39 bits per heavy atom. The number of fused-ring (bicyclic) bond motifs is 1. The van der Waals surface area contributed by atoms with Crippen LogP contribution in [0.15, 0.2) is 24.3 Å². The van der Waals surface area contributed by atoms with Crippen molar-refractivity contribution in [1.29, 1.82) is 0 Å². The Kier molecular flexibility index (Phi) is 7.94. The fourth-order valence-corrected chi connectivity index (χ4v) is 24.0. The molecule has 0 bridgehead atoms. The van der Waals surface area contributed by atoms with E-state index in [4.69, 9.17) is 0 Å². The summed E-state index contributed by atoms with van der Waals surface area (Å²) in [4.78, 5) is 0. The van der Waals surface area contributed by atoms with Crippen LogP contribution in [0.5, 0.6) is 0 Å². The molecule has 1 aromatic heterocycles. The zero-order chi connectivity index (χ0) is 16.7. The Morgan fingerprint density at radius 3 is 1.91 bits per heavy atom. The van der Waals surface area contributed by atoms with Crippen molar-refractivity contribution in [1.82, 2.24) is 0 Å². The molecule has 2 aromatic rings. The van der Waals surface area contributed by atoms with E-state index < -0.39 is 18.4 Å². The average Bonchev–Trinajstić information content (AvgIpc) is 2.98. The van der Waals surface area contributed by atoms with Gasteiger partial charge >= 0.3 is 152 Å². The Bertz CT molecular complexity index is 577. The molecule has 0 amide bonds. The molecule has 2 heteroatoms. The molecule has 0 N–H and O–H groups in total. The molecular formula is C21H34SSn. The van der Waals surface area contributed by atoms with Crippen LogP contribution in [0.3, 0.4) is 0 Å². The summed E-state index contributed by atoms with van der Waals surface area (Å²) in [7, 11) is 0. The van der Waals surface area contributed by atoms with Crippen molar-refractivity contribution in [2.75, 3.05) is 0 Å². The molecule has 1 aromatic carbocycles. The van der Waals surface area contributed by atoms with Crippen molar-refractivity contribution in [3.05, 3.63) is 29.8 Å². The van der Waals surface area contributed by atoms with Crippen LogP contribution in [0.2, 0.25) is 13.3 Å². The monoisotopic (exact) mass is 438 g/mol. The van der Waals surface area contributed by atoms with Crippen LogP contribution in [0, 0.1) is 6.92 Å². The van der Waals surface area contributed by atoms with Crippen LogP contribution in [0.25, 0.3) is 10.1 Å². The molecule has 1 heterocycles. The summed E-state index contributed by atoms with van der Waals surface area (Å²) in [5.41, 5.74) is 1.40. The molecule has 0 aliphatic carbocycles. The molecule has 0 atom stereocenters. The van der Waals surface area contributed by atoms with Gasteiger partial charge in [-0.05, 0) is 0 Å². The third kappa shape index (κ3) is 4.98. The molecule has 0 fully saturated rings. The maximum absolute atomic E-state index is 2.62. The summed E-state index contributed by atoms with van der Waals surface area (Å²) in [5.74, 6) is 0. The Balaban J connectivity index is 2.41. The first-order valence-electron chi connectivity index (χ1n) is 9.66. The van der Waals surface area contributed by atoms with E-state index in [0.717, 1.165) is 0 Å². The topological polar surface area (TPSA) is 0 Å². The molecule has 23 heavy (non-hydrogen) atoms. The molecule has 0 saturated carbocycles. The van der Waals surface area contributed by atoms with Crippen LogP contribution in [0.1, 0.15) is 64.9 Å². The summed E-state index contributed by atoms with van der Waals surface area (Å²) in [6.45, 7) is 9.32. The van der Waals surface area contributed by atoms with Crippen LogP contribution in [-0.4, -0.2) is 18.4 Å².